The predicted molar refractivity (Wildman–Crippen MR) is 160 cm³/mol. The zero-order chi connectivity index (χ0) is 29.2. The predicted octanol–water partition coefficient (Wildman–Crippen LogP) is 5.77. The summed E-state index contributed by atoms with van der Waals surface area (Å²) in [6.07, 6.45) is 2.35. The van der Waals surface area contributed by atoms with E-state index in [0.29, 0.717) is 40.9 Å². The number of imide groups is 1. The second-order valence-corrected chi connectivity index (χ2v) is 18.5. The molecule has 3 amide bonds. The summed E-state index contributed by atoms with van der Waals surface area (Å²) in [6.45, 7) is 12.1. The standard InChI is InChI=1S/C29H36Cl2N4O4Si/c1-29(2,19-6-8-23-24(14-19)35(16-33-23)17-39-10-11-40(3,4)5)28(38)32-15-18-12-21(30)26(22(31)13-18)20-7-9-25(36)34-27(20)37/h6,8,12-14,16,20H,7,9-11,15,17H2,1-5H3,(H,32,38)(H,34,36,37). The molecule has 2 aromatic carbocycles. The van der Waals surface area contributed by atoms with Crippen molar-refractivity contribution in [3.05, 3.63) is 63.4 Å². The number of nitrogens with zero attached hydrogens (tertiary/aromatic N) is 2. The van der Waals surface area contributed by atoms with Crippen LogP contribution < -0.4 is 10.6 Å². The third-order valence-corrected chi connectivity index (χ3v) is 9.65. The molecular weight excluding hydrogens is 567 g/mol. The van der Waals surface area contributed by atoms with Crippen molar-refractivity contribution in [3.8, 4) is 0 Å². The molecule has 4 rings (SSSR count). The molecule has 0 aliphatic carbocycles. The fourth-order valence-corrected chi connectivity index (χ4v) is 6.22. The minimum absolute atomic E-state index is 0.161. The molecule has 11 heteroatoms. The summed E-state index contributed by atoms with van der Waals surface area (Å²) in [5, 5.41) is 5.99. The molecule has 1 aromatic heterocycles. The first-order valence-corrected chi connectivity index (χ1v) is 17.9. The zero-order valence-corrected chi connectivity index (χ0v) is 26.1. The van der Waals surface area contributed by atoms with Gasteiger partial charge in [0.25, 0.3) is 0 Å². The number of piperidine rings is 1. The molecule has 1 fully saturated rings. The number of carbonyl (C=O) groups is 3. The highest BCUT2D eigenvalue weighted by Crippen LogP contribution is 2.37. The van der Waals surface area contributed by atoms with Crippen LogP contribution in [-0.2, 0) is 37.8 Å². The van der Waals surface area contributed by atoms with Crippen LogP contribution in [0.2, 0.25) is 35.7 Å². The van der Waals surface area contributed by atoms with E-state index >= 15 is 0 Å². The van der Waals surface area contributed by atoms with Crippen LogP contribution >= 0.6 is 23.2 Å². The molecule has 0 radical (unpaired) electrons. The molecule has 3 aromatic rings. The van der Waals surface area contributed by atoms with Gasteiger partial charge in [0.2, 0.25) is 17.7 Å². The molecule has 214 valence electrons. The van der Waals surface area contributed by atoms with E-state index in [1.54, 1.807) is 18.5 Å². The van der Waals surface area contributed by atoms with Gasteiger partial charge >= 0.3 is 0 Å². The van der Waals surface area contributed by atoms with E-state index in [0.717, 1.165) is 22.6 Å². The highest BCUT2D eigenvalue weighted by atomic mass is 35.5. The van der Waals surface area contributed by atoms with Gasteiger partial charge in [-0.15, -0.1) is 0 Å². The SMILES string of the molecule is CC(C)(C(=O)NCc1cc(Cl)c(C2CCC(=O)NC2=O)c(Cl)c1)c1ccc2ncn(COCC[Si](C)(C)C)c2c1. The number of aromatic nitrogens is 2. The normalized spacial score (nSPS) is 16.3. The Morgan fingerprint density at radius 3 is 2.52 bits per heavy atom. The van der Waals surface area contributed by atoms with Crippen molar-refractivity contribution in [2.75, 3.05) is 6.61 Å². The third-order valence-electron chi connectivity index (χ3n) is 7.32. The van der Waals surface area contributed by atoms with Crippen molar-refractivity contribution in [2.45, 2.75) is 77.0 Å². The summed E-state index contributed by atoms with van der Waals surface area (Å²) in [6, 6.07) is 10.3. The maximum absolute atomic E-state index is 13.4. The number of amides is 3. The van der Waals surface area contributed by atoms with Crippen LogP contribution in [-0.4, -0.2) is 42.0 Å². The van der Waals surface area contributed by atoms with Gasteiger partial charge in [-0.25, -0.2) is 4.98 Å². The summed E-state index contributed by atoms with van der Waals surface area (Å²) in [5.41, 5.74) is 2.98. The summed E-state index contributed by atoms with van der Waals surface area (Å²) >= 11 is 13.0. The van der Waals surface area contributed by atoms with Crippen LogP contribution in [0.15, 0.2) is 36.7 Å². The van der Waals surface area contributed by atoms with Crippen molar-refractivity contribution in [3.63, 3.8) is 0 Å². The van der Waals surface area contributed by atoms with Crippen molar-refractivity contribution in [2.24, 2.45) is 0 Å². The van der Waals surface area contributed by atoms with Crippen LogP contribution in [0, 0.1) is 0 Å². The van der Waals surface area contributed by atoms with Gasteiger partial charge in [-0.05, 0) is 61.7 Å². The fraction of sp³-hybridized carbons (Fsp3) is 0.448. The highest BCUT2D eigenvalue weighted by Gasteiger charge is 2.32. The molecule has 40 heavy (non-hydrogen) atoms. The largest absolute Gasteiger partial charge is 0.361 e. The quantitative estimate of drug-likeness (QED) is 0.174. The number of carbonyl (C=O) groups excluding carboxylic acids is 3. The average molecular weight is 604 g/mol. The molecule has 1 unspecified atom stereocenters. The molecule has 1 aliphatic rings. The van der Waals surface area contributed by atoms with Crippen LogP contribution in [0.25, 0.3) is 11.0 Å². The summed E-state index contributed by atoms with van der Waals surface area (Å²) in [4.78, 5) is 41.7. The molecule has 1 saturated heterocycles. The molecule has 1 atom stereocenters. The number of nitrogens with one attached hydrogen (secondary N) is 2. The van der Waals surface area contributed by atoms with Gasteiger partial charge in [-0.3, -0.25) is 19.7 Å². The first-order chi connectivity index (χ1) is 18.8. The lowest BCUT2D eigenvalue weighted by molar-refractivity contribution is -0.134. The van der Waals surface area contributed by atoms with Crippen LogP contribution in [0.5, 0.6) is 0 Å². The van der Waals surface area contributed by atoms with Crippen molar-refractivity contribution in [1.82, 2.24) is 20.2 Å². The van der Waals surface area contributed by atoms with E-state index in [9.17, 15) is 14.4 Å². The van der Waals surface area contributed by atoms with Gasteiger partial charge in [-0.2, -0.15) is 0 Å². The summed E-state index contributed by atoms with van der Waals surface area (Å²) < 4.78 is 7.88. The molecule has 0 saturated carbocycles. The van der Waals surface area contributed by atoms with E-state index in [-0.39, 0.29) is 24.8 Å². The number of benzene rings is 2. The van der Waals surface area contributed by atoms with E-state index in [1.807, 2.05) is 36.6 Å². The lowest BCUT2D eigenvalue weighted by Crippen LogP contribution is -2.40. The first kappa shape index (κ1) is 30.2. The van der Waals surface area contributed by atoms with E-state index in [2.05, 4.69) is 35.3 Å². The van der Waals surface area contributed by atoms with E-state index in [4.69, 9.17) is 27.9 Å². The van der Waals surface area contributed by atoms with Crippen LogP contribution in [0.1, 0.15) is 49.3 Å². The monoisotopic (exact) mass is 602 g/mol. The topological polar surface area (TPSA) is 102 Å². The van der Waals surface area contributed by atoms with E-state index < -0.39 is 25.3 Å². The number of fused-ring (bicyclic) bond motifs is 1. The number of halogens is 2. The molecule has 0 spiro atoms. The number of hydrogen-bond acceptors (Lipinski definition) is 5. The van der Waals surface area contributed by atoms with Crippen molar-refractivity contribution in [1.29, 1.82) is 0 Å². The van der Waals surface area contributed by atoms with Gasteiger partial charge in [0.05, 0.1) is 28.7 Å². The molecular formula is C29H36Cl2N4O4Si. The third kappa shape index (κ3) is 6.94. The maximum atomic E-state index is 13.4. The number of rotatable bonds is 10. The Morgan fingerprint density at radius 1 is 1.18 bits per heavy atom. The number of ether oxygens (including phenoxy) is 1. The number of imidazole rings is 1. The Bertz CT molecular complexity index is 1420. The Hall–Kier alpha value is -2.72. The highest BCUT2D eigenvalue weighted by molar-refractivity contribution is 6.76. The Balaban J connectivity index is 1.44. The smallest absolute Gasteiger partial charge is 0.234 e. The lowest BCUT2D eigenvalue weighted by atomic mass is 9.83. The maximum Gasteiger partial charge on any atom is 0.234 e. The zero-order valence-electron chi connectivity index (χ0n) is 23.6. The number of hydrogen-bond donors (Lipinski definition) is 2. The van der Waals surface area contributed by atoms with Crippen LogP contribution in [0.3, 0.4) is 0 Å². The van der Waals surface area contributed by atoms with Gasteiger partial charge in [0.1, 0.15) is 6.73 Å². The molecule has 2 N–H and O–H groups in total. The Labute approximate surface area is 245 Å². The van der Waals surface area contributed by atoms with Gasteiger partial charge < -0.3 is 14.6 Å². The summed E-state index contributed by atoms with van der Waals surface area (Å²) in [5.74, 6) is -1.45. The molecule has 8 nitrogen and oxygen atoms in total. The average Bonchev–Trinajstić information content (AvgIpc) is 3.27. The lowest BCUT2D eigenvalue weighted by Gasteiger charge is -2.25. The Kier molecular flexibility index (Phi) is 9.09. The second-order valence-electron chi connectivity index (χ2n) is 12.1. The molecule has 0 bridgehead atoms. The van der Waals surface area contributed by atoms with Gasteiger partial charge in [0, 0.05) is 43.3 Å². The van der Waals surface area contributed by atoms with E-state index in [1.165, 1.54) is 0 Å². The minimum Gasteiger partial charge on any atom is -0.361 e. The summed E-state index contributed by atoms with van der Waals surface area (Å²) in [7, 11) is -1.17. The first-order valence-electron chi connectivity index (χ1n) is 13.4. The van der Waals surface area contributed by atoms with Crippen molar-refractivity contribution >= 4 is 60.0 Å². The van der Waals surface area contributed by atoms with Gasteiger partial charge in [-0.1, -0.05) is 48.9 Å². The minimum atomic E-state index is -1.17. The molecule has 1 aliphatic heterocycles. The van der Waals surface area contributed by atoms with Crippen molar-refractivity contribution < 1.29 is 19.1 Å². The second kappa shape index (κ2) is 12.0. The van der Waals surface area contributed by atoms with Crippen LogP contribution in [0.4, 0.5) is 0 Å². The Morgan fingerprint density at radius 2 is 1.88 bits per heavy atom. The van der Waals surface area contributed by atoms with Gasteiger partial charge in [0.15, 0.2) is 0 Å². The fourth-order valence-electron chi connectivity index (χ4n) is 4.66. The molecule has 2 heterocycles.